The maximum atomic E-state index is 5.96. The molecule has 98 valence electrons. The summed E-state index contributed by atoms with van der Waals surface area (Å²) < 4.78 is 16.8. The van der Waals surface area contributed by atoms with Gasteiger partial charge in [0.05, 0.1) is 19.8 Å². The zero-order valence-electron chi connectivity index (χ0n) is 11.2. The van der Waals surface area contributed by atoms with Gasteiger partial charge in [0, 0.05) is 11.5 Å². The Morgan fingerprint density at radius 3 is 2.56 bits per heavy atom. The van der Waals surface area contributed by atoms with Crippen molar-refractivity contribution in [3.63, 3.8) is 0 Å². The first-order valence-electron chi connectivity index (χ1n) is 6.18. The summed E-state index contributed by atoms with van der Waals surface area (Å²) in [6.45, 7) is 8.79. The van der Waals surface area contributed by atoms with Crippen molar-refractivity contribution in [1.82, 2.24) is 0 Å². The second-order valence-electron chi connectivity index (χ2n) is 4.82. The average molecular weight is 248 g/mol. The molecule has 1 aromatic rings. The third-order valence-corrected chi connectivity index (χ3v) is 3.17. The van der Waals surface area contributed by atoms with E-state index in [9.17, 15) is 0 Å². The molecular formula is C15H20O3. The van der Waals surface area contributed by atoms with Gasteiger partial charge in [-0.1, -0.05) is 31.2 Å². The third kappa shape index (κ3) is 2.74. The summed E-state index contributed by atoms with van der Waals surface area (Å²) in [6.07, 6.45) is -0.250. The van der Waals surface area contributed by atoms with Gasteiger partial charge in [-0.15, -0.1) is 0 Å². The van der Waals surface area contributed by atoms with Crippen LogP contribution in [0.3, 0.4) is 0 Å². The van der Waals surface area contributed by atoms with E-state index in [0.29, 0.717) is 12.5 Å². The first-order valence-corrected chi connectivity index (χ1v) is 6.18. The van der Waals surface area contributed by atoms with E-state index in [4.69, 9.17) is 14.2 Å². The predicted octanol–water partition coefficient (Wildman–Crippen LogP) is 3.32. The average Bonchev–Trinajstić information content (AvgIpc) is 2.39. The minimum absolute atomic E-state index is 0.0610. The lowest BCUT2D eigenvalue weighted by atomic mass is 9.98. The SMILES string of the molecule is C=C(C)[C@@H]1O[C@H](c2ccc(OC)cc2)OC[C@H]1C. The molecule has 0 aliphatic carbocycles. The number of ether oxygens (including phenoxy) is 3. The van der Waals surface area contributed by atoms with Crippen LogP contribution >= 0.6 is 0 Å². The van der Waals surface area contributed by atoms with Crippen molar-refractivity contribution in [2.24, 2.45) is 5.92 Å². The second kappa shape index (κ2) is 5.55. The van der Waals surface area contributed by atoms with Gasteiger partial charge < -0.3 is 14.2 Å². The van der Waals surface area contributed by atoms with Crippen LogP contribution in [-0.2, 0) is 9.47 Å². The van der Waals surface area contributed by atoms with Gasteiger partial charge in [0.15, 0.2) is 6.29 Å². The quantitative estimate of drug-likeness (QED) is 0.768. The van der Waals surface area contributed by atoms with Gasteiger partial charge in [0.25, 0.3) is 0 Å². The molecule has 0 saturated carbocycles. The van der Waals surface area contributed by atoms with E-state index >= 15 is 0 Å². The van der Waals surface area contributed by atoms with Crippen molar-refractivity contribution < 1.29 is 14.2 Å². The minimum Gasteiger partial charge on any atom is -0.497 e. The molecular weight excluding hydrogens is 228 g/mol. The highest BCUT2D eigenvalue weighted by atomic mass is 16.7. The molecule has 18 heavy (non-hydrogen) atoms. The molecule has 3 nitrogen and oxygen atoms in total. The molecule has 3 atom stereocenters. The van der Waals surface area contributed by atoms with Gasteiger partial charge >= 0.3 is 0 Å². The maximum absolute atomic E-state index is 5.96. The van der Waals surface area contributed by atoms with Crippen LogP contribution in [0.2, 0.25) is 0 Å². The molecule has 2 rings (SSSR count). The van der Waals surface area contributed by atoms with Crippen molar-refractivity contribution in [3.05, 3.63) is 42.0 Å². The van der Waals surface area contributed by atoms with E-state index in [-0.39, 0.29) is 12.4 Å². The predicted molar refractivity (Wildman–Crippen MR) is 70.5 cm³/mol. The Hall–Kier alpha value is -1.32. The normalized spacial score (nSPS) is 27.8. The van der Waals surface area contributed by atoms with Gasteiger partial charge in [-0.05, 0) is 19.1 Å². The topological polar surface area (TPSA) is 27.7 Å². The fourth-order valence-corrected chi connectivity index (χ4v) is 2.17. The van der Waals surface area contributed by atoms with Crippen molar-refractivity contribution >= 4 is 0 Å². The van der Waals surface area contributed by atoms with Crippen LogP contribution in [-0.4, -0.2) is 19.8 Å². The molecule has 3 heteroatoms. The van der Waals surface area contributed by atoms with Gasteiger partial charge in [-0.25, -0.2) is 0 Å². The van der Waals surface area contributed by atoms with Gasteiger partial charge in [-0.3, -0.25) is 0 Å². The summed E-state index contributed by atoms with van der Waals surface area (Å²) in [5.41, 5.74) is 2.05. The maximum Gasteiger partial charge on any atom is 0.184 e. The van der Waals surface area contributed by atoms with E-state index < -0.39 is 0 Å². The molecule has 0 aromatic heterocycles. The fraction of sp³-hybridized carbons (Fsp3) is 0.467. The Labute approximate surface area is 108 Å². The monoisotopic (exact) mass is 248 g/mol. The zero-order chi connectivity index (χ0) is 13.1. The van der Waals surface area contributed by atoms with Gasteiger partial charge in [-0.2, -0.15) is 0 Å². The Balaban J connectivity index is 2.11. The Morgan fingerprint density at radius 2 is 2.00 bits per heavy atom. The Morgan fingerprint density at radius 1 is 1.33 bits per heavy atom. The summed E-state index contributed by atoms with van der Waals surface area (Å²) in [4.78, 5) is 0. The molecule has 0 N–H and O–H groups in total. The molecule has 0 unspecified atom stereocenters. The number of benzene rings is 1. The molecule has 1 heterocycles. The highest BCUT2D eigenvalue weighted by Crippen LogP contribution is 2.32. The zero-order valence-corrected chi connectivity index (χ0v) is 11.2. The summed E-state index contributed by atoms with van der Waals surface area (Å²) in [5, 5.41) is 0. The first-order chi connectivity index (χ1) is 8.61. The number of rotatable bonds is 3. The van der Waals surface area contributed by atoms with Crippen LogP contribution in [0.4, 0.5) is 0 Å². The molecule has 0 bridgehead atoms. The van der Waals surface area contributed by atoms with Gasteiger partial charge in [0.1, 0.15) is 5.75 Å². The van der Waals surface area contributed by atoms with E-state index in [1.807, 2.05) is 31.2 Å². The fourth-order valence-electron chi connectivity index (χ4n) is 2.17. The lowest BCUT2D eigenvalue weighted by molar-refractivity contribution is -0.228. The van der Waals surface area contributed by atoms with Crippen molar-refractivity contribution in [2.45, 2.75) is 26.2 Å². The smallest absolute Gasteiger partial charge is 0.184 e. The molecule has 0 radical (unpaired) electrons. The largest absolute Gasteiger partial charge is 0.497 e. The van der Waals surface area contributed by atoms with E-state index in [1.165, 1.54) is 0 Å². The van der Waals surface area contributed by atoms with Crippen molar-refractivity contribution in [1.29, 1.82) is 0 Å². The summed E-state index contributed by atoms with van der Waals surface area (Å²) in [5.74, 6) is 1.18. The van der Waals surface area contributed by atoms with E-state index in [2.05, 4.69) is 13.5 Å². The molecule has 1 aliphatic heterocycles. The Bertz CT molecular complexity index is 410. The van der Waals surface area contributed by atoms with E-state index in [1.54, 1.807) is 7.11 Å². The standard InChI is InChI=1S/C15H20O3/c1-10(2)14-11(3)9-17-15(18-14)12-5-7-13(16-4)8-6-12/h5-8,11,14-15H,1,9H2,2-4H3/t11-,14+,15-/m1/s1. The van der Waals surface area contributed by atoms with Gasteiger partial charge in [0.2, 0.25) is 0 Å². The van der Waals surface area contributed by atoms with Crippen LogP contribution < -0.4 is 4.74 Å². The highest BCUT2D eigenvalue weighted by Gasteiger charge is 2.30. The summed E-state index contributed by atoms with van der Waals surface area (Å²) in [7, 11) is 1.65. The molecule has 1 saturated heterocycles. The van der Waals surface area contributed by atoms with Crippen molar-refractivity contribution in [2.75, 3.05) is 13.7 Å². The summed E-state index contributed by atoms with van der Waals surface area (Å²) >= 11 is 0. The van der Waals surface area contributed by atoms with Crippen molar-refractivity contribution in [3.8, 4) is 5.75 Å². The van der Waals surface area contributed by atoms with Crippen LogP contribution in [0.15, 0.2) is 36.4 Å². The number of hydrogen-bond donors (Lipinski definition) is 0. The number of methoxy groups -OCH3 is 1. The van der Waals surface area contributed by atoms with Crippen LogP contribution in [0.1, 0.15) is 25.7 Å². The first kappa shape index (κ1) is 13.1. The van der Waals surface area contributed by atoms with E-state index in [0.717, 1.165) is 16.9 Å². The van der Waals surface area contributed by atoms with Crippen LogP contribution in [0.5, 0.6) is 5.75 Å². The minimum atomic E-state index is -0.311. The number of hydrogen-bond acceptors (Lipinski definition) is 3. The van der Waals surface area contributed by atoms with Crippen LogP contribution in [0.25, 0.3) is 0 Å². The highest BCUT2D eigenvalue weighted by molar-refractivity contribution is 5.28. The Kier molecular flexibility index (Phi) is 4.04. The second-order valence-corrected chi connectivity index (χ2v) is 4.82. The molecule has 0 amide bonds. The molecule has 1 aromatic carbocycles. The third-order valence-electron chi connectivity index (χ3n) is 3.17. The lowest BCUT2D eigenvalue weighted by Gasteiger charge is -2.35. The lowest BCUT2D eigenvalue weighted by Crippen LogP contribution is -2.35. The molecule has 1 aliphatic rings. The molecule has 0 spiro atoms. The van der Waals surface area contributed by atoms with Crippen LogP contribution in [0, 0.1) is 5.92 Å². The molecule has 1 fully saturated rings. The summed E-state index contributed by atoms with van der Waals surface area (Å²) in [6, 6.07) is 7.76.